The number of pyridine rings is 1. The summed E-state index contributed by atoms with van der Waals surface area (Å²) in [6.07, 6.45) is 2.51. The second-order valence-corrected chi connectivity index (χ2v) is 5.80. The van der Waals surface area contributed by atoms with Crippen molar-refractivity contribution in [1.29, 1.82) is 0 Å². The highest BCUT2D eigenvalue weighted by Crippen LogP contribution is 2.37. The molecule has 1 aromatic heterocycles. The molecule has 0 spiro atoms. The first-order valence-electron chi connectivity index (χ1n) is 6.58. The van der Waals surface area contributed by atoms with E-state index in [4.69, 9.17) is 4.74 Å². The lowest BCUT2D eigenvalue weighted by molar-refractivity contribution is 0.143. The van der Waals surface area contributed by atoms with Gasteiger partial charge in [0.05, 0.1) is 19.7 Å². The molecule has 2 aliphatic rings. The van der Waals surface area contributed by atoms with Crippen LogP contribution in [0, 0.1) is 12.8 Å². The third kappa shape index (κ3) is 2.42. The van der Waals surface area contributed by atoms with Crippen molar-refractivity contribution in [3.63, 3.8) is 0 Å². The van der Waals surface area contributed by atoms with E-state index < -0.39 is 5.67 Å². The predicted octanol–water partition coefficient (Wildman–Crippen LogP) is 2.73. The smallest absolute Gasteiger partial charge is 0.237 e. The number of hydrogen-bond acceptors (Lipinski definition) is 3. The maximum atomic E-state index is 13.6. The molecule has 2 fully saturated rings. The molecule has 1 aliphatic heterocycles. The second kappa shape index (κ2) is 4.11. The summed E-state index contributed by atoms with van der Waals surface area (Å²) >= 11 is 0. The molecule has 0 amide bonds. The number of aromatic nitrogens is 1. The summed E-state index contributed by atoms with van der Waals surface area (Å²) in [6, 6.07) is 3.94. The van der Waals surface area contributed by atoms with Crippen LogP contribution in [0.5, 0.6) is 5.88 Å². The van der Waals surface area contributed by atoms with Crippen LogP contribution in [0.15, 0.2) is 12.1 Å². The highest BCUT2D eigenvalue weighted by Gasteiger charge is 2.40. The number of alkyl halides is 1. The van der Waals surface area contributed by atoms with Gasteiger partial charge in [-0.05, 0) is 44.7 Å². The summed E-state index contributed by atoms with van der Waals surface area (Å²) in [4.78, 5) is 6.43. The zero-order valence-electron chi connectivity index (χ0n) is 10.9. The zero-order valence-corrected chi connectivity index (χ0v) is 10.9. The number of halogens is 1. The summed E-state index contributed by atoms with van der Waals surface area (Å²) in [5.74, 6) is 1.36. The molecule has 3 nitrogen and oxygen atoms in total. The van der Waals surface area contributed by atoms with Crippen molar-refractivity contribution in [2.24, 2.45) is 5.92 Å². The maximum absolute atomic E-state index is 13.6. The van der Waals surface area contributed by atoms with E-state index >= 15 is 0 Å². The summed E-state index contributed by atoms with van der Waals surface area (Å²) < 4.78 is 19.4. The van der Waals surface area contributed by atoms with Gasteiger partial charge in [-0.15, -0.1) is 0 Å². The van der Waals surface area contributed by atoms with E-state index in [1.807, 2.05) is 24.0 Å². The fourth-order valence-electron chi connectivity index (χ4n) is 2.27. The number of anilines is 1. The highest BCUT2D eigenvalue weighted by molar-refractivity contribution is 5.58. The van der Waals surface area contributed by atoms with Crippen LogP contribution in [0.25, 0.3) is 0 Å². The van der Waals surface area contributed by atoms with Gasteiger partial charge in [0, 0.05) is 5.69 Å². The number of aryl methyl sites for hydroxylation is 1. The first-order chi connectivity index (χ1) is 8.53. The van der Waals surface area contributed by atoms with Gasteiger partial charge >= 0.3 is 0 Å². The fraction of sp³-hybridized carbons (Fsp3) is 0.643. The molecule has 0 N–H and O–H groups in total. The molecule has 18 heavy (non-hydrogen) atoms. The van der Waals surface area contributed by atoms with E-state index in [-0.39, 0.29) is 0 Å². The third-order valence-electron chi connectivity index (χ3n) is 3.51. The predicted molar refractivity (Wildman–Crippen MR) is 68.9 cm³/mol. The number of ether oxygens (including phenoxy) is 1. The van der Waals surface area contributed by atoms with Gasteiger partial charge < -0.3 is 9.64 Å². The van der Waals surface area contributed by atoms with Crippen LogP contribution in [0.1, 0.15) is 25.5 Å². The minimum Gasteiger partial charge on any atom is -0.476 e. The van der Waals surface area contributed by atoms with Gasteiger partial charge in [-0.3, -0.25) is 0 Å². The van der Waals surface area contributed by atoms with Gasteiger partial charge in [0.1, 0.15) is 11.4 Å². The van der Waals surface area contributed by atoms with Gasteiger partial charge in [-0.25, -0.2) is 9.37 Å². The Hall–Kier alpha value is -1.32. The molecule has 4 heteroatoms. The number of rotatable bonds is 4. The Kier molecular flexibility index (Phi) is 2.68. The first-order valence-corrected chi connectivity index (χ1v) is 6.58. The van der Waals surface area contributed by atoms with Crippen LogP contribution >= 0.6 is 0 Å². The normalized spacial score (nSPS) is 21.6. The Bertz CT molecular complexity index is 449. The molecule has 1 saturated carbocycles. The third-order valence-corrected chi connectivity index (χ3v) is 3.51. The van der Waals surface area contributed by atoms with Crippen molar-refractivity contribution in [1.82, 2.24) is 4.98 Å². The van der Waals surface area contributed by atoms with E-state index in [1.54, 1.807) is 6.92 Å². The van der Waals surface area contributed by atoms with Crippen LogP contribution in [0.4, 0.5) is 10.1 Å². The molecular weight excluding hydrogens is 231 g/mol. The minimum absolute atomic E-state index is 0.428. The summed E-state index contributed by atoms with van der Waals surface area (Å²) in [5.41, 5.74) is 0.794. The molecule has 1 aliphatic carbocycles. The molecule has 2 heterocycles. The molecule has 0 unspecified atom stereocenters. The number of nitrogens with zero attached hydrogens (tertiary/aromatic N) is 2. The number of hydrogen-bond donors (Lipinski definition) is 0. The van der Waals surface area contributed by atoms with E-state index in [2.05, 4.69) is 4.98 Å². The largest absolute Gasteiger partial charge is 0.476 e. The molecule has 0 bridgehead atoms. The average Bonchev–Trinajstić information content (AvgIpc) is 3.07. The van der Waals surface area contributed by atoms with Gasteiger partial charge in [-0.1, -0.05) is 0 Å². The van der Waals surface area contributed by atoms with E-state index in [0.29, 0.717) is 24.9 Å². The Morgan fingerprint density at radius 3 is 2.78 bits per heavy atom. The molecule has 0 radical (unpaired) electrons. The van der Waals surface area contributed by atoms with E-state index in [9.17, 15) is 4.39 Å². The van der Waals surface area contributed by atoms with E-state index in [1.165, 1.54) is 12.8 Å². The van der Waals surface area contributed by atoms with Crippen LogP contribution in [0.2, 0.25) is 0 Å². The SMILES string of the molecule is Cc1ccc(N2CC(C)(F)C2)c(OCC2CC2)n1. The summed E-state index contributed by atoms with van der Waals surface area (Å²) in [6.45, 7) is 5.18. The molecule has 0 atom stereocenters. The van der Waals surface area contributed by atoms with Gasteiger partial charge in [-0.2, -0.15) is 0 Å². The Morgan fingerprint density at radius 1 is 1.44 bits per heavy atom. The zero-order chi connectivity index (χ0) is 12.8. The topological polar surface area (TPSA) is 25.4 Å². The molecule has 1 saturated heterocycles. The van der Waals surface area contributed by atoms with Crippen molar-refractivity contribution < 1.29 is 9.13 Å². The van der Waals surface area contributed by atoms with Gasteiger partial charge in [0.25, 0.3) is 0 Å². The average molecular weight is 250 g/mol. The molecule has 0 aromatic carbocycles. The maximum Gasteiger partial charge on any atom is 0.237 e. The molecular formula is C14H19FN2O. The fourth-order valence-corrected chi connectivity index (χ4v) is 2.27. The quantitative estimate of drug-likeness (QED) is 0.821. The Balaban J connectivity index is 1.74. The van der Waals surface area contributed by atoms with Crippen molar-refractivity contribution >= 4 is 5.69 Å². The summed E-state index contributed by atoms with van der Waals surface area (Å²) in [5, 5.41) is 0. The standard InChI is InChI=1S/C14H19FN2O/c1-10-3-6-12(17-8-14(2,15)9-17)13(16-10)18-7-11-4-5-11/h3,6,11H,4-5,7-9H2,1-2H3. The van der Waals surface area contributed by atoms with Gasteiger partial charge in [0.2, 0.25) is 5.88 Å². The van der Waals surface area contributed by atoms with Crippen molar-refractivity contribution in [3.05, 3.63) is 17.8 Å². The Morgan fingerprint density at radius 2 is 2.17 bits per heavy atom. The van der Waals surface area contributed by atoms with Crippen LogP contribution in [0.3, 0.4) is 0 Å². The van der Waals surface area contributed by atoms with Crippen molar-refractivity contribution in [2.45, 2.75) is 32.4 Å². The van der Waals surface area contributed by atoms with Crippen molar-refractivity contribution in [3.8, 4) is 5.88 Å². The minimum atomic E-state index is -1.07. The lowest BCUT2D eigenvalue weighted by Gasteiger charge is -2.44. The molecule has 1 aromatic rings. The first kappa shape index (κ1) is 11.8. The lowest BCUT2D eigenvalue weighted by Crippen LogP contribution is -2.57. The second-order valence-electron chi connectivity index (χ2n) is 5.80. The van der Waals surface area contributed by atoms with Gasteiger partial charge in [0.15, 0.2) is 0 Å². The molecule has 98 valence electrons. The van der Waals surface area contributed by atoms with Crippen molar-refractivity contribution in [2.75, 3.05) is 24.6 Å². The van der Waals surface area contributed by atoms with E-state index in [0.717, 1.165) is 18.0 Å². The summed E-state index contributed by atoms with van der Waals surface area (Å²) in [7, 11) is 0. The van der Waals surface area contributed by atoms with Crippen LogP contribution in [-0.4, -0.2) is 30.3 Å². The Labute approximate surface area is 107 Å². The van der Waals surface area contributed by atoms with Crippen LogP contribution in [-0.2, 0) is 0 Å². The highest BCUT2D eigenvalue weighted by atomic mass is 19.1. The lowest BCUT2D eigenvalue weighted by atomic mass is 9.98. The molecule has 3 rings (SSSR count). The van der Waals surface area contributed by atoms with Crippen LogP contribution < -0.4 is 9.64 Å². The monoisotopic (exact) mass is 250 g/mol.